The fraction of sp³-hybridized carbons (Fsp3) is 1.00. The smallest absolute Gasteiger partial charge is 0.214 e. The Hall–Kier alpha value is -0.210. The molecular weight excluding hydrogens is 278 g/mol. The van der Waals surface area contributed by atoms with E-state index >= 15 is 0 Å². The van der Waals surface area contributed by atoms with Crippen LogP contribution in [0.2, 0.25) is 0 Å². The highest BCUT2D eigenvalue weighted by Crippen LogP contribution is 2.22. The Morgan fingerprint density at radius 2 is 2.05 bits per heavy atom. The minimum absolute atomic E-state index is 0.190. The van der Waals surface area contributed by atoms with Gasteiger partial charge in [0.25, 0.3) is 0 Å². The van der Waals surface area contributed by atoms with E-state index in [0.29, 0.717) is 12.6 Å². The number of likely N-dealkylation sites (N-methyl/N-ethyl adjacent to an activating group) is 1. The lowest BCUT2D eigenvalue weighted by molar-refractivity contribution is -0.100. The van der Waals surface area contributed by atoms with E-state index in [2.05, 4.69) is 16.7 Å². The van der Waals surface area contributed by atoms with Crippen LogP contribution in [-0.2, 0) is 14.8 Å². The first kappa shape index (κ1) is 16.2. The van der Waals surface area contributed by atoms with Crippen molar-refractivity contribution in [2.75, 3.05) is 59.2 Å². The summed E-state index contributed by atoms with van der Waals surface area (Å²) in [6.45, 7) is 7.45. The van der Waals surface area contributed by atoms with Gasteiger partial charge in [-0.05, 0) is 13.0 Å². The molecule has 2 heterocycles. The predicted molar refractivity (Wildman–Crippen MR) is 79.3 cm³/mol. The van der Waals surface area contributed by atoms with Crippen LogP contribution in [-0.4, -0.2) is 93.8 Å². The average Bonchev–Trinajstić information content (AvgIpc) is 2.44. The van der Waals surface area contributed by atoms with Crippen LogP contribution in [0.25, 0.3) is 0 Å². The summed E-state index contributed by atoms with van der Waals surface area (Å²) < 4.78 is 31.0. The molecule has 2 aliphatic heterocycles. The topological polar surface area (TPSA) is 53.1 Å². The molecule has 2 fully saturated rings. The summed E-state index contributed by atoms with van der Waals surface area (Å²) in [4.78, 5) is 4.72. The highest BCUT2D eigenvalue weighted by molar-refractivity contribution is 7.89. The van der Waals surface area contributed by atoms with Crippen LogP contribution in [0.15, 0.2) is 0 Å². The third-order valence-corrected chi connectivity index (χ3v) is 6.23. The third kappa shape index (κ3) is 3.71. The van der Waals surface area contributed by atoms with Crippen molar-refractivity contribution in [1.29, 1.82) is 0 Å². The average molecular weight is 305 g/mol. The number of nitrogens with zero attached hydrogens (tertiary/aromatic N) is 3. The Bertz CT molecular complexity index is 413. The lowest BCUT2D eigenvalue weighted by atomic mass is 9.99. The van der Waals surface area contributed by atoms with Gasteiger partial charge in [0.15, 0.2) is 0 Å². The second kappa shape index (κ2) is 6.70. The zero-order valence-electron chi connectivity index (χ0n) is 12.8. The number of fused-ring (bicyclic) bond motifs is 1. The van der Waals surface area contributed by atoms with Crippen molar-refractivity contribution in [3.63, 3.8) is 0 Å². The maximum Gasteiger partial charge on any atom is 0.214 e. The monoisotopic (exact) mass is 305 g/mol. The number of hydrogen-bond donors (Lipinski definition) is 0. The number of sulfonamides is 1. The second-order valence-electron chi connectivity index (χ2n) is 5.79. The van der Waals surface area contributed by atoms with Gasteiger partial charge in [0.05, 0.1) is 18.5 Å². The van der Waals surface area contributed by atoms with Crippen molar-refractivity contribution < 1.29 is 13.2 Å². The highest BCUT2D eigenvalue weighted by atomic mass is 32.2. The summed E-state index contributed by atoms with van der Waals surface area (Å²) in [5, 5.41) is 0. The molecule has 0 bridgehead atoms. The van der Waals surface area contributed by atoms with E-state index in [-0.39, 0.29) is 11.9 Å². The fourth-order valence-electron chi connectivity index (χ4n) is 2.99. The summed E-state index contributed by atoms with van der Waals surface area (Å²) in [5.74, 6) is 0.190. The van der Waals surface area contributed by atoms with E-state index in [9.17, 15) is 8.42 Å². The first-order valence-electron chi connectivity index (χ1n) is 7.42. The maximum absolute atomic E-state index is 11.9. The molecule has 0 spiro atoms. The van der Waals surface area contributed by atoms with Gasteiger partial charge < -0.3 is 9.64 Å². The van der Waals surface area contributed by atoms with E-state index in [4.69, 9.17) is 4.74 Å². The zero-order valence-corrected chi connectivity index (χ0v) is 13.6. The molecule has 0 aliphatic carbocycles. The first-order valence-corrected chi connectivity index (χ1v) is 9.03. The molecule has 0 aromatic rings. The van der Waals surface area contributed by atoms with Gasteiger partial charge in [0.2, 0.25) is 10.0 Å². The molecule has 2 saturated heterocycles. The van der Waals surface area contributed by atoms with E-state index in [1.54, 1.807) is 14.1 Å². The summed E-state index contributed by atoms with van der Waals surface area (Å²) in [6.07, 6.45) is 1.32. The Morgan fingerprint density at radius 3 is 2.70 bits per heavy atom. The minimum Gasteiger partial charge on any atom is -0.375 e. The molecule has 0 radical (unpaired) electrons. The lowest BCUT2D eigenvalue weighted by Gasteiger charge is -2.47. The van der Waals surface area contributed by atoms with Crippen molar-refractivity contribution in [2.45, 2.75) is 25.5 Å². The van der Waals surface area contributed by atoms with Gasteiger partial charge in [-0.3, -0.25) is 4.90 Å². The van der Waals surface area contributed by atoms with Crippen LogP contribution in [0.3, 0.4) is 0 Å². The number of hydrogen-bond acceptors (Lipinski definition) is 5. The molecule has 0 N–H and O–H groups in total. The minimum atomic E-state index is -3.12. The summed E-state index contributed by atoms with van der Waals surface area (Å²) >= 11 is 0. The number of morpholine rings is 1. The lowest BCUT2D eigenvalue weighted by Crippen LogP contribution is -2.60. The standard InChI is InChI=1S/C13H27N3O3S/c1-4-15-6-5-13-12(11-15)16(7-9-19-13)8-10-20(17,18)14(2)3/h12-13H,4-11H2,1-3H3/t12-,13+/m0/s1. The summed E-state index contributed by atoms with van der Waals surface area (Å²) in [5.41, 5.74) is 0. The molecule has 0 saturated carbocycles. The number of likely N-dealkylation sites (tertiary alicyclic amines) is 1. The molecule has 0 amide bonds. The van der Waals surface area contributed by atoms with Crippen LogP contribution in [0.4, 0.5) is 0 Å². The zero-order chi connectivity index (χ0) is 14.8. The van der Waals surface area contributed by atoms with Crippen molar-refractivity contribution in [3.05, 3.63) is 0 Å². The van der Waals surface area contributed by atoms with Crippen molar-refractivity contribution >= 4 is 10.0 Å². The predicted octanol–water partition coefficient (Wildman–Crippen LogP) is -0.327. The molecule has 0 unspecified atom stereocenters. The van der Waals surface area contributed by atoms with Crippen molar-refractivity contribution in [2.24, 2.45) is 0 Å². The molecule has 0 aromatic heterocycles. The largest absolute Gasteiger partial charge is 0.375 e. The first-order chi connectivity index (χ1) is 9.44. The second-order valence-corrected chi connectivity index (χ2v) is 8.10. The van der Waals surface area contributed by atoms with Gasteiger partial charge >= 0.3 is 0 Å². The van der Waals surface area contributed by atoms with E-state index in [1.165, 1.54) is 4.31 Å². The molecule has 2 aliphatic rings. The molecule has 7 heteroatoms. The third-order valence-electron chi connectivity index (χ3n) is 4.42. The Labute approximate surface area is 122 Å². The summed E-state index contributed by atoms with van der Waals surface area (Å²) in [6, 6.07) is 0.342. The van der Waals surface area contributed by atoms with Crippen molar-refractivity contribution in [1.82, 2.24) is 14.1 Å². The van der Waals surface area contributed by atoms with Gasteiger partial charge in [0.1, 0.15) is 0 Å². The molecule has 20 heavy (non-hydrogen) atoms. The van der Waals surface area contributed by atoms with Gasteiger partial charge in [-0.2, -0.15) is 0 Å². The Kier molecular flexibility index (Phi) is 5.42. The number of rotatable bonds is 5. The van der Waals surface area contributed by atoms with Crippen LogP contribution in [0.5, 0.6) is 0 Å². The number of ether oxygens (including phenoxy) is 1. The highest BCUT2D eigenvalue weighted by Gasteiger charge is 2.36. The molecular formula is C13H27N3O3S. The van der Waals surface area contributed by atoms with Gasteiger partial charge in [-0.1, -0.05) is 6.92 Å². The van der Waals surface area contributed by atoms with Crippen molar-refractivity contribution in [3.8, 4) is 0 Å². The Balaban J connectivity index is 1.96. The molecule has 6 nitrogen and oxygen atoms in total. The van der Waals surface area contributed by atoms with Gasteiger partial charge in [-0.15, -0.1) is 0 Å². The Morgan fingerprint density at radius 1 is 1.30 bits per heavy atom. The maximum atomic E-state index is 11.9. The van der Waals surface area contributed by atoms with E-state index < -0.39 is 10.0 Å². The van der Waals surface area contributed by atoms with Crippen LogP contribution < -0.4 is 0 Å². The van der Waals surface area contributed by atoms with Crippen LogP contribution in [0, 0.1) is 0 Å². The fourth-order valence-corrected chi connectivity index (χ4v) is 3.82. The molecule has 0 aromatic carbocycles. The van der Waals surface area contributed by atoms with Gasteiger partial charge in [0, 0.05) is 46.3 Å². The van der Waals surface area contributed by atoms with E-state index in [0.717, 1.165) is 39.2 Å². The van der Waals surface area contributed by atoms with Crippen LogP contribution >= 0.6 is 0 Å². The molecule has 2 rings (SSSR count). The summed E-state index contributed by atoms with van der Waals surface area (Å²) in [7, 11) is 0.0710. The van der Waals surface area contributed by atoms with Crippen LogP contribution in [0.1, 0.15) is 13.3 Å². The molecule has 2 atom stereocenters. The number of piperidine rings is 1. The van der Waals surface area contributed by atoms with E-state index in [1.807, 2.05) is 0 Å². The normalized spacial score (nSPS) is 29.6. The SMILES string of the molecule is CCN1CC[C@H]2OCCN(CCS(=O)(=O)N(C)C)[C@H]2C1. The molecule has 118 valence electrons. The quantitative estimate of drug-likeness (QED) is 0.696. The van der Waals surface area contributed by atoms with Gasteiger partial charge in [-0.25, -0.2) is 12.7 Å².